The molecular weight excluding hydrogens is 572 g/mol. The lowest BCUT2D eigenvalue weighted by molar-refractivity contribution is -0.162. The second kappa shape index (κ2) is 13.0. The topological polar surface area (TPSA) is 142 Å². The van der Waals surface area contributed by atoms with Crippen LogP contribution in [0.1, 0.15) is 69.5 Å². The fourth-order valence-electron chi connectivity index (χ4n) is 6.50. The molecule has 1 saturated heterocycles. The number of ether oxygens (including phenoxy) is 1. The number of benzene rings is 1. The summed E-state index contributed by atoms with van der Waals surface area (Å²) in [6, 6.07) is 2.56. The summed E-state index contributed by atoms with van der Waals surface area (Å²) in [5.74, 6) is 3.96. The third-order valence-electron chi connectivity index (χ3n) is 8.98. The maximum atomic E-state index is 14.2. The first-order valence-electron chi connectivity index (χ1n) is 14.4. The molecule has 2 fully saturated rings. The number of carbonyl (C=O) groups excluding carboxylic acids is 2. The molecule has 2 aliphatic heterocycles. The van der Waals surface area contributed by atoms with Crippen LogP contribution in [-0.4, -0.2) is 76.9 Å². The Balaban J connectivity index is 1.75. The minimum atomic E-state index is -2.92. The van der Waals surface area contributed by atoms with Crippen molar-refractivity contribution in [3.63, 3.8) is 0 Å². The Labute approximate surface area is 249 Å². The number of carbonyl (C=O) groups is 3. The second-order valence-electron chi connectivity index (χ2n) is 11.5. The number of fused-ring (bicyclic) bond motifs is 1. The molecule has 0 radical (unpaired) electrons. The molecule has 1 aromatic rings. The number of hydrazine groups is 1. The fraction of sp³-hybridized carbons (Fsp3) is 0.621. The average molecular weight is 612 g/mol. The van der Waals surface area contributed by atoms with E-state index in [2.05, 4.69) is 0 Å². The predicted molar refractivity (Wildman–Crippen MR) is 152 cm³/mol. The molecule has 1 saturated carbocycles. The minimum Gasteiger partial charge on any atom is -0.487 e. The number of carboxylic acids is 1. The number of amides is 2. The zero-order valence-corrected chi connectivity index (χ0v) is 24.8. The molecule has 2 heterocycles. The summed E-state index contributed by atoms with van der Waals surface area (Å²) in [5, 5.41) is 11.4. The van der Waals surface area contributed by atoms with Crippen LogP contribution in [0.25, 0.3) is 0 Å². The highest BCUT2D eigenvalue weighted by molar-refractivity contribution is 6.31. The number of halogens is 3. The van der Waals surface area contributed by atoms with Gasteiger partial charge < -0.3 is 30.4 Å². The van der Waals surface area contributed by atoms with Gasteiger partial charge >= 0.3 is 5.97 Å². The van der Waals surface area contributed by atoms with Crippen LogP contribution in [0.2, 0.25) is 5.02 Å². The molecule has 232 valence electrons. The van der Waals surface area contributed by atoms with Crippen LogP contribution in [0.5, 0.6) is 5.75 Å². The Kier molecular flexibility index (Phi) is 9.87. The third-order valence-corrected chi connectivity index (χ3v) is 9.34. The van der Waals surface area contributed by atoms with Gasteiger partial charge in [-0.2, -0.15) is 0 Å². The third kappa shape index (κ3) is 6.15. The first-order chi connectivity index (χ1) is 19.9. The van der Waals surface area contributed by atoms with Crippen LogP contribution in [0, 0.1) is 11.3 Å². The van der Waals surface area contributed by atoms with Gasteiger partial charge in [-0.1, -0.05) is 24.4 Å². The largest absolute Gasteiger partial charge is 0.487 e. The molecule has 1 aromatic carbocycles. The molecule has 1 aliphatic carbocycles. The lowest BCUT2D eigenvalue weighted by Gasteiger charge is -2.45. The number of aliphatic carboxylic acids is 1. The van der Waals surface area contributed by atoms with E-state index in [9.17, 15) is 28.3 Å². The Morgan fingerprint density at radius 2 is 1.98 bits per heavy atom. The quantitative estimate of drug-likeness (QED) is 0.269. The standard InChI is InChI=1S/C29H40ClF2N5O5/c1-3-37(34)25(26(31)32)20(33)16-42-22-10-9-19(30)17-11-14-36(21(24(17)22)15-35-13-6-8-23(35)38)27(39)18-7-4-5-12-29(18,2)28(40)41/h9-10,18,21,26H,3-8,11-16,33-34H2,1-2H3,(H,40,41)/b25-20-/t18?,21?,29-/m0/s1. The molecule has 2 unspecified atom stereocenters. The molecule has 0 bridgehead atoms. The molecular formula is C29H40ClF2N5O5. The summed E-state index contributed by atoms with van der Waals surface area (Å²) in [4.78, 5) is 42.7. The molecule has 4 rings (SSSR count). The molecule has 0 spiro atoms. The first kappa shape index (κ1) is 31.8. The van der Waals surface area contributed by atoms with Gasteiger partial charge in [0.05, 0.1) is 23.1 Å². The van der Waals surface area contributed by atoms with E-state index >= 15 is 0 Å². The molecule has 3 aliphatic rings. The van der Waals surface area contributed by atoms with E-state index in [4.69, 9.17) is 27.9 Å². The SMILES string of the molecule is CCN(N)/C(=C(\N)COc1ccc(Cl)c2c1C(CN1CCCC1=O)N(C(=O)C1CCCC[C@]1(C)C(=O)O)CC2)C(F)F. The smallest absolute Gasteiger partial charge is 0.310 e. The van der Waals surface area contributed by atoms with Crippen LogP contribution in [0.3, 0.4) is 0 Å². The van der Waals surface area contributed by atoms with Gasteiger partial charge in [0.15, 0.2) is 0 Å². The second-order valence-corrected chi connectivity index (χ2v) is 11.9. The van der Waals surface area contributed by atoms with Crippen LogP contribution < -0.4 is 16.3 Å². The van der Waals surface area contributed by atoms with Crippen LogP contribution in [0.4, 0.5) is 8.78 Å². The van der Waals surface area contributed by atoms with Crippen molar-refractivity contribution in [1.82, 2.24) is 14.8 Å². The van der Waals surface area contributed by atoms with E-state index in [0.29, 0.717) is 55.0 Å². The van der Waals surface area contributed by atoms with Crippen LogP contribution in [-0.2, 0) is 20.8 Å². The summed E-state index contributed by atoms with van der Waals surface area (Å²) in [6.07, 6.45) is 0.857. The maximum Gasteiger partial charge on any atom is 0.310 e. The van der Waals surface area contributed by atoms with E-state index in [1.807, 2.05) is 0 Å². The van der Waals surface area contributed by atoms with Gasteiger partial charge in [-0.25, -0.2) is 14.6 Å². The Morgan fingerprint density at radius 3 is 2.60 bits per heavy atom. The van der Waals surface area contributed by atoms with Crippen LogP contribution in [0.15, 0.2) is 23.5 Å². The summed E-state index contributed by atoms with van der Waals surface area (Å²) >= 11 is 6.63. The van der Waals surface area contributed by atoms with Gasteiger partial charge in [0.1, 0.15) is 18.1 Å². The van der Waals surface area contributed by atoms with Gasteiger partial charge in [-0.05, 0) is 57.2 Å². The number of nitrogens with zero attached hydrogens (tertiary/aromatic N) is 3. The van der Waals surface area contributed by atoms with Crippen molar-refractivity contribution in [3.8, 4) is 5.75 Å². The van der Waals surface area contributed by atoms with Crippen molar-refractivity contribution in [3.05, 3.63) is 39.7 Å². The van der Waals surface area contributed by atoms with Crippen molar-refractivity contribution < 1.29 is 33.0 Å². The zero-order chi connectivity index (χ0) is 30.8. The van der Waals surface area contributed by atoms with E-state index in [1.54, 1.807) is 35.8 Å². The highest BCUT2D eigenvalue weighted by Crippen LogP contribution is 2.46. The minimum absolute atomic E-state index is 0.0385. The number of allylic oxidation sites excluding steroid dienone is 1. The maximum absolute atomic E-state index is 14.2. The first-order valence-corrected chi connectivity index (χ1v) is 14.8. The average Bonchev–Trinajstić information content (AvgIpc) is 3.36. The number of nitrogens with two attached hydrogens (primary N) is 2. The highest BCUT2D eigenvalue weighted by Gasteiger charge is 2.50. The van der Waals surface area contributed by atoms with Crippen LogP contribution >= 0.6 is 11.6 Å². The van der Waals surface area contributed by atoms with E-state index in [-0.39, 0.29) is 37.1 Å². The van der Waals surface area contributed by atoms with E-state index < -0.39 is 42.1 Å². The number of likely N-dealkylation sites (tertiary alicyclic amines) is 1. The van der Waals surface area contributed by atoms with E-state index in [0.717, 1.165) is 23.4 Å². The lowest BCUT2D eigenvalue weighted by atomic mass is 9.66. The van der Waals surface area contributed by atoms with Gasteiger partial charge in [-0.3, -0.25) is 14.4 Å². The predicted octanol–water partition coefficient (Wildman–Crippen LogP) is 3.68. The van der Waals surface area contributed by atoms with Crippen molar-refractivity contribution in [2.24, 2.45) is 22.9 Å². The molecule has 3 atom stereocenters. The summed E-state index contributed by atoms with van der Waals surface area (Å²) < 4.78 is 33.5. The summed E-state index contributed by atoms with van der Waals surface area (Å²) in [5.41, 5.74) is 5.32. The monoisotopic (exact) mass is 611 g/mol. The van der Waals surface area contributed by atoms with E-state index in [1.165, 1.54) is 0 Å². The van der Waals surface area contributed by atoms with Gasteiger partial charge in [0.2, 0.25) is 11.8 Å². The number of hydrogen-bond donors (Lipinski definition) is 3. The lowest BCUT2D eigenvalue weighted by Crippen LogP contribution is -2.52. The fourth-order valence-corrected chi connectivity index (χ4v) is 6.76. The molecule has 42 heavy (non-hydrogen) atoms. The number of alkyl halides is 2. The number of hydrogen-bond acceptors (Lipinski definition) is 7. The van der Waals surface area contributed by atoms with Crippen molar-refractivity contribution in [2.75, 3.05) is 32.8 Å². The van der Waals surface area contributed by atoms with Gasteiger partial charge in [0, 0.05) is 43.2 Å². The number of carboxylic acid groups (broad SMARTS) is 1. The van der Waals surface area contributed by atoms with Crippen molar-refractivity contribution in [1.29, 1.82) is 0 Å². The Morgan fingerprint density at radius 1 is 1.24 bits per heavy atom. The molecule has 10 nitrogen and oxygen atoms in total. The zero-order valence-electron chi connectivity index (χ0n) is 24.1. The highest BCUT2D eigenvalue weighted by atomic mass is 35.5. The van der Waals surface area contributed by atoms with Gasteiger partial charge in [-0.15, -0.1) is 0 Å². The van der Waals surface area contributed by atoms with Gasteiger partial charge in [0.25, 0.3) is 6.43 Å². The Bertz CT molecular complexity index is 1250. The Hall–Kier alpha value is -3.12. The summed E-state index contributed by atoms with van der Waals surface area (Å²) in [7, 11) is 0. The number of rotatable bonds is 10. The molecule has 5 N–H and O–H groups in total. The molecule has 0 aromatic heterocycles. The normalized spacial score (nSPS) is 24.9. The molecule has 2 amide bonds. The summed E-state index contributed by atoms with van der Waals surface area (Å²) in [6.45, 7) is 3.93. The van der Waals surface area contributed by atoms with Crippen molar-refractivity contribution >= 4 is 29.4 Å². The molecule has 13 heteroatoms. The van der Waals surface area contributed by atoms with Crippen molar-refractivity contribution in [2.45, 2.75) is 71.3 Å².